The molecule has 0 spiro atoms. The summed E-state index contributed by atoms with van der Waals surface area (Å²) in [6.45, 7) is 8.68. The third-order valence-electron chi connectivity index (χ3n) is 5.31. The largest absolute Gasteiger partial charge is 0.292 e. The molecule has 136 valence electrons. The minimum Gasteiger partial charge on any atom is -0.292 e. The Balaban J connectivity index is 1.79. The van der Waals surface area contributed by atoms with E-state index < -0.39 is 0 Å². The fourth-order valence-electron chi connectivity index (χ4n) is 3.83. The SMILES string of the molecule is CC(C)c1nn(C)c2c(=O)n3c(nc12)C(C)N(Cc1ccccc1)CC3. The molecule has 1 aliphatic heterocycles. The quantitative estimate of drug-likeness (QED) is 0.728. The first-order valence-corrected chi connectivity index (χ1v) is 9.22. The minimum atomic E-state index is 0.0260. The average Bonchev–Trinajstić information content (AvgIpc) is 2.96. The lowest BCUT2D eigenvalue weighted by atomic mass is 10.1. The van der Waals surface area contributed by atoms with E-state index in [4.69, 9.17) is 4.98 Å². The lowest BCUT2D eigenvalue weighted by molar-refractivity contribution is 0.152. The van der Waals surface area contributed by atoms with Crippen LogP contribution in [-0.4, -0.2) is 30.8 Å². The zero-order valence-electron chi connectivity index (χ0n) is 15.8. The van der Waals surface area contributed by atoms with Crippen molar-refractivity contribution in [3.63, 3.8) is 0 Å². The molecule has 1 unspecified atom stereocenters. The zero-order chi connectivity index (χ0) is 18.4. The van der Waals surface area contributed by atoms with E-state index in [1.807, 2.05) is 17.7 Å². The van der Waals surface area contributed by atoms with E-state index in [2.05, 4.69) is 55.0 Å². The van der Waals surface area contributed by atoms with Crippen molar-refractivity contribution in [1.82, 2.24) is 24.2 Å². The van der Waals surface area contributed by atoms with Crippen LogP contribution in [0, 0.1) is 0 Å². The van der Waals surface area contributed by atoms with Crippen molar-refractivity contribution in [2.45, 2.75) is 45.8 Å². The maximum absolute atomic E-state index is 13.1. The van der Waals surface area contributed by atoms with E-state index in [9.17, 15) is 4.79 Å². The van der Waals surface area contributed by atoms with Crippen LogP contribution in [0.2, 0.25) is 0 Å². The van der Waals surface area contributed by atoms with Crippen molar-refractivity contribution in [1.29, 1.82) is 0 Å². The summed E-state index contributed by atoms with van der Waals surface area (Å²) in [5, 5.41) is 4.56. The fraction of sp³-hybridized carbons (Fsp3) is 0.450. The van der Waals surface area contributed by atoms with E-state index >= 15 is 0 Å². The molecule has 4 rings (SSSR count). The van der Waals surface area contributed by atoms with Gasteiger partial charge in [0.1, 0.15) is 11.3 Å². The lowest BCUT2D eigenvalue weighted by Gasteiger charge is -2.35. The smallest absolute Gasteiger partial charge is 0.279 e. The van der Waals surface area contributed by atoms with Crippen LogP contribution in [0.25, 0.3) is 11.0 Å². The monoisotopic (exact) mass is 351 g/mol. The van der Waals surface area contributed by atoms with Crippen LogP contribution in [0.3, 0.4) is 0 Å². The number of rotatable bonds is 3. The van der Waals surface area contributed by atoms with Gasteiger partial charge in [-0.3, -0.25) is 18.9 Å². The third kappa shape index (κ3) is 2.65. The molecule has 6 nitrogen and oxygen atoms in total. The van der Waals surface area contributed by atoms with Crippen LogP contribution in [0.15, 0.2) is 35.1 Å². The maximum atomic E-state index is 13.1. The van der Waals surface area contributed by atoms with Gasteiger partial charge in [-0.05, 0) is 18.4 Å². The Labute approximate surface area is 153 Å². The van der Waals surface area contributed by atoms with Gasteiger partial charge >= 0.3 is 0 Å². The topological polar surface area (TPSA) is 56.0 Å². The fourth-order valence-corrected chi connectivity index (χ4v) is 3.83. The van der Waals surface area contributed by atoms with Gasteiger partial charge < -0.3 is 0 Å². The molecule has 3 aromatic rings. The van der Waals surface area contributed by atoms with E-state index in [1.54, 1.807) is 4.68 Å². The maximum Gasteiger partial charge on any atom is 0.279 e. The summed E-state index contributed by atoms with van der Waals surface area (Å²) in [6.07, 6.45) is 0. The van der Waals surface area contributed by atoms with Crippen LogP contribution in [0.1, 0.15) is 49.8 Å². The molecule has 0 fully saturated rings. The Hall–Kier alpha value is -2.47. The van der Waals surface area contributed by atoms with Gasteiger partial charge in [0.15, 0.2) is 5.52 Å². The van der Waals surface area contributed by atoms with Gasteiger partial charge in [0.25, 0.3) is 5.56 Å². The molecule has 0 N–H and O–H groups in total. The first-order valence-electron chi connectivity index (χ1n) is 9.22. The van der Waals surface area contributed by atoms with Crippen molar-refractivity contribution in [2.24, 2.45) is 7.05 Å². The Morgan fingerprint density at radius 2 is 1.92 bits per heavy atom. The molecule has 0 saturated carbocycles. The average molecular weight is 351 g/mol. The molecule has 0 saturated heterocycles. The molecule has 26 heavy (non-hydrogen) atoms. The number of aromatic nitrogens is 4. The van der Waals surface area contributed by atoms with Gasteiger partial charge in [0.2, 0.25) is 0 Å². The highest BCUT2D eigenvalue weighted by atomic mass is 16.1. The van der Waals surface area contributed by atoms with Crippen molar-refractivity contribution in [2.75, 3.05) is 6.54 Å². The molecule has 0 amide bonds. The number of nitrogens with zero attached hydrogens (tertiary/aromatic N) is 5. The van der Waals surface area contributed by atoms with Crippen LogP contribution >= 0.6 is 0 Å². The molecule has 3 heterocycles. The zero-order valence-corrected chi connectivity index (χ0v) is 15.8. The van der Waals surface area contributed by atoms with Crippen LogP contribution in [0.5, 0.6) is 0 Å². The van der Waals surface area contributed by atoms with Crippen LogP contribution in [-0.2, 0) is 20.1 Å². The van der Waals surface area contributed by atoms with Crippen molar-refractivity contribution >= 4 is 11.0 Å². The summed E-state index contributed by atoms with van der Waals surface area (Å²) in [5.74, 6) is 1.08. The summed E-state index contributed by atoms with van der Waals surface area (Å²) in [6, 6.07) is 10.5. The molecular formula is C20H25N5O. The Morgan fingerprint density at radius 3 is 2.62 bits per heavy atom. The molecule has 0 bridgehead atoms. The second-order valence-electron chi connectivity index (χ2n) is 7.42. The highest BCUT2D eigenvalue weighted by molar-refractivity contribution is 5.77. The highest BCUT2D eigenvalue weighted by Gasteiger charge is 2.29. The molecule has 2 aromatic heterocycles. The Morgan fingerprint density at radius 1 is 1.19 bits per heavy atom. The standard InChI is InChI=1S/C20H25N5O/c1-13(2)16-17-18(23(4)22-16)20(26)25-11-10-24(14(3)19(25)21-17)12-15-8-6-5-7-9-15/h5-9,13-14H,10-12H2,1-4H3. The van der Waals surface area contributed by atoms with Gasteiger partial charge in [0.05, 0.1) is 11.7 Å². The number of hydrogen-bond acceptors (Lipinski definition) is 4. The predicted molar refractivity (Wildman–Crippen MR) is 102 cm³/mol. The van der Waals surface area contributed by atoms with Gasteiger partial charge in [-0.25, -0.2) is 4.98 Å². The molecule has 0 radical (unpaired) electrons. The first kappa shape index (κ1) is 17.0. The van der Waals surface area contributed by atoms with E-state index in [1.165, 1.54) is 5.56 Å². The number of fused-ring (bicyclic) bond motifs is 2. The van der Waals surface area contributed by atoms with Crippen LogP contribution in [0.4, 0.5) is 0 Å². The molecule has 0 aliphatic carbocycles. The van der Waals surface area contributed by atoms with Gasteiger partial charge in [-0.1, -0.05) is 44.2 Å². The molecular weight excluding hydrogens is 326 g/mol. The van der Waals surface area contributed by atoms with Gasteiger partial charge in [0, 0.05) is 26.7 Å². The highest BCUT2D eigenvalue weighted by Crippen LogP contribution is 2.27. The first-order chi connectivity index (χ1) is 12.5. The molecule has 6 heteroatoms. The van der Waals surface area contributed by atoms with Crippen LogP contribution < -0.4 is 5.56 Å². The van der Waals surface area contributed by atoms with E-state index in [0.29, 0.717) is 12.1 Å². The third-order valence-corrected chi connectivity index (χ3v) is 5.31. The predicted octanol–water partition coefficient (Wildman–Crippen LogP) is 2.83. The normalized spacial score (nSPS) is 17.8. The number of benzene rings is 1. The molecule has 1 aliphatic rings. The molecule has 1 atom stereocenters. The number of hydrogen-bond donors (Lipinski definition) is 0. The second kappa shape index (κ2) is 6.36. The van der Waals surface area contributed by atoms with Gasteiger partial charge in [-0.15, -0.1) is 0 Å². The Bertz CT molecular complexity index is 1000. The van der Waals surface area contributed by atoms with E-state index in [0.717, 1.165) is 30.1 Å². The summed E-state index contributed by atoms with van der Waals surface area (Å²) in [4.78, 5) is 20.4. The summed E-state index contributed by atoms with van der Waals surface area (Å²) in [7, 11) is 1.83. The molecule has 1 aromatic carbocycles. The summed E-state index contributed by atoms with van der Waals surface area (Å²) in [5.41, 5.74) is 3.57. The van der Waals surface area contributed by atoms with Gasteiger partial charge in [-0.2, -0.15) is 5.10 Å². The van der Waals surface area contributed by atoms with Crippen molar-refractivity contribution in [3.05, 3.63) is 57.8 Å². The van der Waals surface area contributed by atoms with E-state index in [-0.39, 0.29) is 17.5 Å². The number of aryl methyl sites for hydroxylation is 1. The summed E-state index contributed by atoms with van der Waals surface area (Å²) >= 11 is 0. The van der Waals surface area contributed by atoms with Crippen molar-refractivity contribution < 1.29 is 0 Å². The second-order valence-corrected chi connectivity index (χ2v) is 7.42. The minimum absolute atomic E-state index is 0.0260. The lowest BCUT2D eigenvalue weighted by Crippen LogP contribution is -2.42. The Kier molecular flexibility index (Phi) is 4.15. The summed E-state index contributed by atoms with van der Waals surface area (Å²) < 4.78 is 3.52. The van der Waals surface area contributed by atoms with Crippen molar-refractivity contribution in [3.8, 4) is 0 Å².